The first-order valence-corrected chi connectivity index (χ1v) is 8.90. The molecule has 0 bridgehead atoms. The quantitative estimate of drug-likeness (QED) is 0.218. The summed E-state index contributed by atoms with van der Waals surface area (Å²) in [4.78, 5) is 4.09. The number of para-hydroxylation sites is 1. The van der Waals surface area contributed by atoms with Gasteiger partial charge in [-0.1, -0.05) is 30.3 Å². The maximum absolute atomic E-state index is 12.5. The first-order valence-electron chi connectivity index (χ1n) is 8.90. The van der Waals surface area contributed by atoms with Crippen LogP contribution in [0.2, 0.25) is 0 Å². The van der Waals surface area contributed by atoms with E-state index < -0.39 is 6.36 Å². The molecule has 0 heterocycles. The average molecular weight is 539 g/mol. The number of aliphatic imine (C=N–C) groups is 1. The van der Waals surface area contributed by atoms with E-state index in [4.69, 9.17) is 9.47 Å². The molecule has 0 saturated heterocycles. The summed E-state index contributed by atoms with van der Waals surface area (Å²) in [5, 5.41) is 6.10. The Bertz CT molecular complexity index is 804. The van der Waals surface area contributed by atoms with Gasteiger partial charge in [-0.3, -0.25) is 4.99 Å². The maximum atomic E-state index is 12.5. The van der Waals surface area contributed by atoms with Gasteiger partial charge in [0.05, 0.1) is 6.61 Å². The molecule has 0 unspecified atom stereocenters. The van der Waals surface area contributed by atoms with E-state index in [0.29, 0.717) is 31.3 Å². The van der Waals surface area contributed by atoms with Crippen molar-refractivity contribution in [1.82, 2.24) is 10.6 Å². The molecule has 2 aromatic rings. The Morgan fingerprint density at radius 2 is 1.73 bits per heavy atom. The van der Waals surface area contributed by atoms with Crippen molar-refractivity contribution in [3.8, 4) is 11.5 Å². The molecule has 0 saturated carbocycles. The monoisotopic (exact) mass is 539 g/mol. The van der Waals surface area contributed by atoms with Gasteiger partial charge < -0.3 is 24.8 Å². The van der Waals surface area contributed by atoms with E-state index in [1.165, 1.54) is 12.1 Å². The third-order valence-corrected chi connectivity index (χ3v) is 3.78. The largest absolute Gasteiger partial charge is 0.573 e. The summed E-state index contributed by atoms with van der Waals surface area (Å²) >= 11 is 0. The summed E-state index contributed by atoms with van der Waals surface area (Å²) in [6.45, 7) is 1.53. The normalized spacial score (nSPS) is 11.4. The molecule has 166 valence electrons. The molecular formula is C20H25F3IN3O3. The van der Waals surface area contributed by atoms with Crippen molar-refractivity contribution in [2.75, 3.05) is 27.4 Å². The van der Waals surface area contributed by atoms with E-state index >= 15 is 0 Å². The number of halogens is 4. The number of guanidine groups is 1. The number of nitrogens with one attached hydrogen (secondary N) is 2. The molecule has 6 nitrogen and oxygen atoms in total. The van der Waals surface area contributed by atoms with Gasteiger partial charge in [0.25, 0.3) is 0 Å². The fraction of sp³-hybridized carbons (Fsp3) is 0.350. The number of benzene rings is 2. The lowest BCUT2D eigenvalue weighted by Crippen LogP contribution is -2.36. The van der Waals surface area contributed by atoms with E-state index in [1.807, 2.05) is 24.3 Å². The number of hydrogen-bond acceptors (Lipinski definition) is 4. The maximum Gasteiger partial charge on any atom is 0.573 e. The molecule has 30 heavy (non-hydrogen) atoms. The summed E-state index contributed by atoms with van der Waals surface area (Å²) in [6.07, 6.45) is -4.74. The van der Waals surface area contributed by atoms with Crippen LogP contribution in [0.15, 0.2) is 53.5 Å². The highest BCUT2D eigenvalue weighted by Crippen LogP contribution is 2.26. The third-order valence-electron chi connectivity index (χ3n) is 3.78. The van der Waals surface area contributed by atoms with Gasteiger partial charge in [0, 0.05) is 32.8 Å². The Balaban J connectivity index is 0.00000450. The van der Waals surface area contributed by atoms with Crippen LogP contribution in [-0.2, 0) is 17.8 Å². The van der Waals surface area contributed by atoms with E-state index in [1.54, 1.807) is 26.3 Å². The Labute approximate surface area is 190 Å². The van der Waals surface area contributed by atoms with Crippen LogP contribution in [-0.4, -0.2) is 39.7 Å². The van der Waals surface area contributed by atoms with E-state index in [9.17, 15) is 13.2 Å². The van der Waals surface area contributed by atoms with Gasteiger partial charge in [-0.2, -0.15) is 0 Å². The van der Waals surface area contributed by atoms with Gasteiger partial charge in [-0.25, -0.2) is 0 Å². The third kappa shape index (κ3) is 9.53. The summed E-state index contributed by atoms with van der Waals surface area (Å²) in [7, 11) is 3.19. The molecule has 0 radical (unpaired) electrons. The van der Waals surface area contributed by atoms with Crippen LogP contribution in [0.4, 0.5) is 13.2 Å². The lowest BCUT2D eigenvalue weighted by atomic mass is 10.2. The summed E-state index contributed by atoms with van der Waals surface area (Å²) in [6, 6.07) is 13.5. The smallest absolute Gasteiger partial charge is 0.491 e. The Morgan fingerprint density at radius 1 is 1.00 bits per heavy atom. The first kappa shape index (κ1) is 25.8. The van der Waals surface area contributed by atoms with Gasteiger partial charge >= 0.3 is 6.36 Å². The summed E-state index contributed by atoms with van der Waals surface area (Å²) in [5.41, 5.74) is 1.32. The van der Waals surface area contributed by atoms with Gasteiger partial charge in [-0.05, 0) is 23.8 Å². The molecule has 0 aromatic heterocycles. The highest BCUT2D eigenvalue weighted by atomic mass is 127. The fourth-order valence-corrected chi connectivity index (χ4v) is 2.45. The highest BCUT2D eigenvalue weighted by Gasteiger charge is 2.31. The van der Waals surface area contributed by atoms with Crippen molar-refractivity contribution >= 4 is 29.9 Å². The zero-order chi connectivity index (χ0) is 21.1. The zero-order valence-electron chi connectivity index (χ0n) is 16.7. The first-order chi connectivity index (χ1) is 13.9. The average Bonchev–Trinajstić information content (AvgIpc) is 2.68. The molecule has 0 spiro atoms. The number of alkyl halides is 3. The minimum atomic E-state index is -4.74. The van der Waals surface area contributed by atoms with Crippen molar-refractivity contribution in [3.63, 3.8) is 0 Å². The number of rotatable bonds is 9. The molecule has 2 rings (SSSR count). The van der Waals surface area contributed by atoms with Gasteiger partial charge in [0.1, 0.15) is 18.1 Å². The molecule has 0 aliphatic carbocycles. The van der Waals surface area contributed by atoms with Crippen molar-refractivity contribution in [2.45, 2.75) is 19.5 Å². The van der Waals surface area contributed by atoms with E-state index in [-0.39, 0.29) is 36.3 Å². The molecule has 0 fully saturated rings. The second kappa shape index (κ2) is 13.2. The standard InChI is InChI=1S/C20H24F3N3O3.HI/c1-24-19(25-13-15-6-5-8-17(12-15)28-11-10-27-2)26-14-16-7-3-4-9-18(16)29-20(21,22)23;/h3-9,12H,10-11,13-14H2,1-2H3,(H2,24,25,26);1H. The van der Waals surface area contributed by atoms with Crippen LogP contribution in [0.25, 0.3) is 0 Å². The predicted octanol–water partition coefficient (Wildman–Crippen LogP) is 4.09. The molecule has 2 aromatic carbocycles. The lowest BCUT2D eigenvalue weighted by Gasteiger charge is -2.16. The molecule has 0 aliphatic rings. The topological polar surface area (TPSA) is 64.1 Å². The van der Waals surface area contributed by atoms with Crippen LogP contribution in [0, 0.1) is 0 Å². The lowest BCUT2D eigenvalue weighted by molar-refractivity contribution is -0.274. The number of ether oxygens (including phenoxy) is 3. The summed E-state index contributed by atoms with van der Waals surface area (Å²) in [5.74, 6) is 0.920. The Hall–Kier alpha value is -2.21. The molecule has 0 atom stereocenters. The number of nitrogens with zero attached hydrogens (tertiary/aromatic N) is 1. The number of hydrogen-bond donors (Lipinski definition) is 2. The van der Waals surface area contributed by atoms with Gasteiger partial charge in [0.2, 0.25) is 0 Å². The van der Waals surface area contributed by atoms with E-state index in [2.05, 4.69) is 20.4 Å². The van der Waals surface area contributed by atoms with Gasteiger partial charge in [-0.15, -0.1) is 37.1 Å². The van der Waals surface area contributed by atoms with Crippen LogP contribution in [0.3, 0.4) is 0 Å². The van der Waals surface area contributed by atoms with E-state index in [0.717, 1.165) is 11.3 Å². The summed E-state index contributed by atoms with van der Waals surface area (Å²) < 4.78 is 52.2. The molecule has 2 N–H and O–H groups in total. The van der Waals surface area contributed by atoms with Crippen LogP contribution in [0.1, 0.15) is 11.1 Å². The second-order valence-electron chi connectivity index (χ2n) is 5.92. The Kier molecular flexibility index (Phi) is 11.3. The predicted molar refractivity (Wildman–Crippen MR) is 119 cm³/mol. The van der Waals surface area contributed by atoms with Crippen LogP contribution in [0.5, 0.6) is 11.5 Å². The molecular weight excluding hydrogens is 514 g/mol. The highest BCUT2D eigenvalue weighted by molar-refractivity contribution is 14.0. The Morgan fingerprint density at radius 3 is 2.43 bits per heavy atom. The second-order valence-corrected chi connectivity index (χ2v) is 5.92. The minimum Gasteiger partial charge on any atom is -0.491 e. The molecule has 0 aliphatic heterocycles. The zero-order valence-corrected chi connectivity index (χ0v) is 19.0. The SMILES string of the molecule is CN=C(NCc1cccc(OCCOC)c1)NCc1ccccc1OC(F)(F)F.I. The number of methoxy groups -OCH3 is 1. The fourth-order valence-electron chi connectivity index (χ4n) is 2.45. The van der Waals surface area contributed by atoms with Crippen LogP contribution >= 0.6 is 24.0 Å². The van der Waals surface area contributed by atoms with Crippen molar-refractivity contribution in [3.05, 3.63) is 59.7 Å². The van der Waals surface area contributed by atoms with Gasteiger partial charge in [0.15, 0.2) is 5.96 Å². The molecule has 0 amide bonds. The van der Waals surface area contributed by atoms with Crippen molar-refractivity contribution < 1.29 is 27.4 Å². The molecule has 10 heteroatoms. The van der Waals surface area contributed by atoms with Crippen molar-refractivity contribution in [1.29, 1.82) is 0 Å². The minimum absolute atomic E-state index is 0. The van der Waals surface area contributed by atoms with Crippen LogP contribution < -0.4 is 20.1 Å². The van der Waals surface area contributed by atoms with Crippen molar-refractivity contribution in [2.24, 2.45) is 4.99 Å².